The smallest absolute Gasteiger partial charge is 0.423 e. The lowest BCUT2D eigenvalue weighted by Crippen LogP contribution is -2.28. The van der Waals surface area contributed by atoms with Gasteiger partial charge in [0.1, 0.15) is 0 Å². The molecule has 1 aliphatic heterocycles. The van der Waals surface area contributed by atoms with Crippen LogP contribution in [0.1, 0.15) is 11.7 Å². The van der Waals surface area contributed by atoms with Gasteiger partial charge in [0, 0.05) is 12.2 Å². The molecule has 0 bridgehead atoms. The van der Waals surface area contributed by atoms with Crippen molar-refractivity contribution in [3.8, 4) is 0 Å². The number of hydrogen-bond acceptors (Lipinski definition) is 4. The molecule has 0 spiro atoms. The Morgan fingerprint density at radius 2 is 2.43 bits per heavy atom. The summed E-state index contributed by atoms with van der Waals surface area (Å²) in [6.45, 7) is 0.688. The monoisotopic (exact) mass is 192 g/mol. The van der Waals surface area contributed by atoms with Crippen LogP contribution in [0.25, 0.3) is 0 Å². The van der Waals surface area contributed by atoms with E-state index >= 15 is 0 Å². The molecule has 5 heteroatoms. The van der Waals surface area contributed by atoms with Crippen LogP contribution in [0.15, 0.2) is 18.2 Å². The lowest BCUT2D eigenvalue weighted by Gasteiger charge is -2.10. The number of rotatable bonds is 2. The molecule has 4 N–H and O–H groups in total. The quantitative estimate of drug-likeness (QED) is 0.426. The third kappa shape index (κ3) is 1.50. The van der Waals surface area contributed by atoms with Crippen LogP contribution in [0.4, 0.5) is 5.69 Å². The maximum Gasteiger partial charge on any atom is 0.492 e. The lowest BCUT2D eigenvalue weighted by atomic mass is 9.79. The van der Waals surface area contributed by atoms with Crippen molar-refractivity contribution < 1.29 is 9.68 Å². The normalized spacial score (nSPS) is 19.9. The molecule has 2 rings (SSSR count). The molecular formula is C9H13BN2O2. The average Bonchev–Trinajstić information content (AvgIpc) is 2.44. The topological polar surface area (TPSA) is 67.5 Å². The SMILES string of the molecule is CNCC1OB(O)c2cc(N)ccc21. The number of nitrogens with two attached hydrogens (primary N) is 1. The van der Waals surface area contributed by atoms with Crippen molar-refractivity contribution in [2.24, 2.45) is 0 Å². The Kier molecular flexibility index (Phi) is 2.45. The van der Waals surface area contributed by atoms with Crippen LogP contribution < -0.4 is 16.5 Å². The predicted molar refractivity (Wildman–Crippen MR) is 56.2 cm³/mol. The zero-order valence-corrected chi connectivity index (χ0v) is 8.03. The first-order valence-electron chi connectivity index (χ1n) is 4.60. The van der Waals surface area contributed by atoms with Gasteiger partial charge >= 0.3 is 7.12 Å². The molecule has 4 nitrogen and oxygen atoms in total. The second-order valence-electron chi connectivity index (χ2n) is 3.42. The first kappa shape index (κ1) is 9.52. The standard InChI is InChI=1S/C9H13BN2O2/c1-12-5-9-7-3-2-6(11)4-8(7)10(13)14-9/h2-4,9,12-13H,5,11H2,1H3. The summed E-state index contributed by atoms with van der Waals surface area (Å²) in [7, 11) is 1.01. The summed E-state index contributed by atoms with van der Waals surface area (Å²) in [4.78, 5) is 0. The van der Waals surface area contributed by atoms with E-state index < -0.39 is 7.12 Å². The van der Waals surface area contributed by atoms with E-state index in [1.807, 2.05) is 19.2 Å². The second-order valence-corrected chi connectivity index (χ2v) is 3.42. The molecule has 0 fully saturated rings. The van der Waals surface area contributed by atoms with Gasteiger partial charge < -0.3 is 20.7 Å². The van der Waals surface area contributed by atoms with Gasteiger partial charge in [0.2, 0.25) is 0 Å². The van der Waals surface area contributed by atoms with E-state index in [9.17, 15) is 5.02 Å². The summed E-state index contributed by atoms with van der Waals surface area (Å²) in [6.07, 6.45) is -0.0781. The fourth-order valence-electron chi connectivity index (χ4n) is 1.75. The number of likely N-dealkylation sites (N-methyl/N-ethyl adjacent to an activating group) is 1. The van der Waals surface area contributed by atoms with Crippen molar-refractivity contribution in [1.82, 2.24) is 5.32 Å². The van der Waals surface area contributed by atoms with Crippen molar-refractivity contribution in [2.45, 2.75) is 6.10 Å². The minimum atomic E-state index is -0.841. The highest BCUT2D eigenvalue weighted by atomic mass is 16.5. The molecule has 0 aliphatic carbocycles. The zero-order valence-electron chi connectivity index (χ0n) is 8.03. The van der Waals surface area contributed by atoms with Crippen LogP contribution in [-0.2, 0) is 4.65 Å². The highest BCUT2D eigenvalue weighted by Gasteiger charge is 2.34. The van der Waals surface area contributed by atoms with Gasteiger partial charge in [-0.1, -0.05) is 6.07 Å². The molecule has 1 aliphatic rings. The van der Waals surface area contributed by atoms with E-state index in [1.165, 1.54) is 0 Å². The number of hydrogen-bond donors (Lipinski definition) is 3. The molecule has 0 amide bonds. The van der Waals surface area contributed by atoms with Gasteiger partial charge in [-0.15, -0.1) is 0 Å². The van der Waals surface area contributed by atoms with E-state index in [0.717, 1.165) is 11.0 Å². The van der Waals surface area contributed by atoms with Crippen molar-refractivity contribution >= 4 is 18.3 Å². The number of nitrogen functional groups attached to an aromatic ring is 1. The average molecular weight is 192 g/mol. The Bertz CT molecular complexity index is 346. The zero-order chi connectivity index (χ0) is 10.1. The Balaban J connectivity index is 2.34. The van der Waals surface area contributed by atoms with Crippen molar-refractivity contribution in [2.75, 3.05) is 19.3 Å². The molecule has 74 valence electrons. The highest BCUT2D eigenvalue weighted by Crippen LogP contribution is 2.23. The summed E-state index contributed by atoms with van der Waals surface area (Å²) < 4.78 is 5.36. The molecule has 1 unspecified atom stereocenters. The Morgan fingerprint density at radius 3 is 3.14 bits per heavy atom. The van der Waals surface area contributed by atoms with Crippen molar-refractivity contribution in [1.29, 1.82) is 0 Å². The predicted octanol–water partition coefficient (Wildman–Crippen LogP) is -0.753. The Hall–Kier alpha value is -1.04. The minimum Gasteiger partial charge on any atom is -0.423 e. The summed E-state index contributed by atoms with van der Waals surface area (Å²) in [5.41, 5.74) is 8.08. The van der Waals surface area contributed by atoms with Gasteiger partial charge in [-0.05, 0) is 30.2 Å². The maximum atomic E-state index is 9.60. The van der Waals surface area contributed by atoms with Gasteiger partial charge in [-0.3, -0.25) is 0 Å². The van der Waals surface area contributed by atoms with Crippen LogP contribution in [-0.4, -0.2) is 25.7 Å². The number of benzene rings is 1. The summed E-state index contributed by atoms with van der Waals surface area (Å²) in [6, 6.07) is 5.49. The maximum absolute atomic E-state index is 9.60. The van der Waals surface area contributed by atoms with Crippen LogP contribution in [0.3, 0.4) is 0 Å². The lowest BCUT2D eigenvalue weighted by molar-refractivity contribution is 0.190. The molecule has 0 radical (unpaired) electrons. The van der Waals surface area contributed by atoms with E-state index in [0.29, 0.717) is 12.2 Å². The van der Waals surface area contributed by atoms with Crippen LogP contribution >= 0.6 is 0 Å². The molecule has 1 atom stereocenters. The van der Waals surface area contributed by atoms with Gasteiger partial charge in [-0.25, -0.2) is 0 Å². The largest absolute Gasteiger partial charge is 0.492 e. The third-order valence-electron chi connectivity index (χ3n) is 2.41. The summed E-state index contributed by atoms with van der Waals surface area (Å²) >= 11 is 0. The van der Waals surface area contributed by atoms with Gasteiger partial charge in [0.15, 0.2) is 0 Å². The van der Waals surface area contributed by atoms with Gasteiger partial charge in [0.25, 0.3) is 0 Å². The molecule has 0 saturated heterocycles. The highest BCUT2D eigenvalue weighted by molar-refractivity contribution is 6.61. The minimum absolute atomic E-state index is 0.0781. The molecule has 1 aromatic rings. The number of anilines is 1. The second kappa shape index (κ2) is 3.61. The van der Waals surface area contributed by atoms with Gasteiger partial charge in [0.05, 0.1) is 6.10 Å². The van der Waals surface area contributed by atoms with Crippen LogP contribution in [0.5, 0.6) is 0 Å². The summed E-state index contributed by atoms with van der Waals surface area (Å²) in [5.74, 6) is 0. The fraction of sp³-hybridized carbons (Fsp3) is 0.333. The first-order valence-corrected chi connectivity index (χ1v) is 4.60. The Morgan fingerprint density at radius 1 is 1.64 bits per heavy atom. The van der Waals surface area contributed by atoms with Crippen molar-refractivity contribution in [3.63, 3.8) is 0 Å². The van der Waals surface area contributed by atoms with Gasteiger partial charge in [-0.2, -0.15) is 0 Å². The Labute approximate surface area is 83.2 Å². The summed E-state index contributed by atoms with van der Waals surface area (Å²) in [5, 5.41) is 12.6. The van der Waals surface area contributed by atoms with Crippen LogP contribution in [0.2, 0.25) is 0 Å². The fourth-order valence-corrected chi connectivity index (χ4v) is 1.75. The van der Waals surface area contributed by atoms with Crippen molar-refractivity contribution in [3.05, 3.63) is 23.8 Å². The first-order chi connectivity index (χ1) is 6.72. The molecule has 1 aromatic carbocycles. The van der Waals surface area contributed by atoms with E-state index in [-0.39, 0.29) is 6.10 Å². The molecule has 0 aromatic heterocycles. The molecule has 14 heavy (non-hydrogen) atoms. The number of fused-ring (bicyclic) bond motifs is 1. The molecular weight excluding hydrogens is 179 g/mol. The van der Waals surface area contributed by atoms with Crippen LogP contribution in [0, 0.1) is 0 Å². The van der Waals surface area contributed by atoms with E-state index in [1.54, 1.807) is 6.07 Å². The molecule has 1 heterocycles. The van der Waals surface area contributed by atoms with E-state index in [4.69, 9.17) is 10.4 Å². The van der Waals surface area contributed by atoms with E-state index in [2.05, 4.69) is 5.32 Å². The third-order valence-corrected chi connectivity index (χ3v) is 2.41. The molecule has 0 saturated carbocycles. The number of nitrogens with one attached hydrogen (secondary N) is 1.